The lowest BCUT2D eigenvalue weighted by Crippen LogP contribution is -2.58. The standard InChI is InChI=1S/C23H22F2N2O5/c1-2-31-22(30)15-10-26-11-16-14-8-17(23(24,25)9-14)27(16)21(29)18(26)20(19(15)28)32-12-13-6-4-3-5-7-13/h3-7,10,14,16-17H,2,8-9,11-12H2,1H3/t14-,16+,17+/m0/s1. The third kappa shape index (κ3) is 3.10. The number of ether oxygens (including phenoxy) is 2. The Morgan fingerprint density at radius 3 is 2.69 bits per heavy atom. The normalized spacial score (nSPS) is 24.8. The van der Waals surface area contributed by atoms with E-state index in [2.05, 4.69) is 0 Å². The summed E-state index contributed by atoms with van der Waals surface area (Å²) in [4.78, 5) is 40.2. The Bertz CT molecular complexity index is 1150. The number of aromatic nitrogens is 1. The van der Waals surface area contributed by atoms with Gasteiger partial charge in [0.15, 0.2) is 11.4 Å². The van der Waals surface area contributed by atoms with Crippen LogP contribution in [0.15, 0.2) is 41.3 Å². The maximum atomic E-state index is 14.4. The van der Waals surface area contributed by atoms with Crippen LogP contribution in [0.5, 0.6) is 5.75 Å². The number of esters is 1. The lowest BCUT2D eigenvalue weighted by molar-refractivity contribution is -0.0871. The molecule has 0 N–H and O–H groups in total. The molecule has 7 nitrogen and oxygen atoms in total. The highest BCUT2D eigenvalue weighted by Gasteiger charge is 2.63. The summed E-state index contributed by atoms with van der Waals surface area (Å²) >= 11 is 0. The number of halogens is 2. The lowest BCUT2D eigenvalue weighted by atomic mass is 9.94. The molecule has 1 saturated heterocycles. The van der Waals surface area contributed by atoms with Gasteiger partial charge in [-0.1, -0.05) is 30.3 Å². The summed E-state index contributed by atoms with van der Waals surface area (Å²) < 4.78 is 41.1. The van der Waals surface area contributed by atoms with Gasteiger partial charge in [-0.2, -0.15) is 0 Å². The highest BCUT2D eigenvalue weighted by Crippen LogP contribution is 2.53. The highest BCUT2D eigenvalue weighted by atomic mass is 19.3. The number of pyridine rings is 1. The first kappa shape index (κ1) is 20.7. The molecular weight excluding hydrogens is 422 g/mol. The Kier molecular flexibility index (Phi) is 4.79. The number of hydrogen-bond acceptors (Lipinski definition) is 5. The van der Waals surface area contributed by atoms with Gasteiger partial charge < -0.3 is 18.9 Å². The molecule has 3 aliphatic rings. The summed E-state index contributed by atoms with van der Waals surface area (Å²) in [6, 6.07) is 7.42. The molecule has 0 radical (unpaired) electrons. The monoisotopic (exact) mass is 444 g/mol. The van der Waals surface area contributed by atoms with Crippen LogP contribution in [0, 0.1) is 5.92 Å². The Hall–Kier alpha value is -3.23. The molecule has 0 spiro atoms. The number of rotatable bonds is 5. The van der Waals surface area contributed by atoms with E-state index in [-0.39, 0.29) is 55.5 Å². The van der Waals surface area contributed by atoms with Crippen molar-refractivity contribution < 1.29 is 27.8 Å². The predicted octanol–water partition coefficient (Wildman–Crippen LogP) is 2.86. The molecule has 3 atom stereocenters. The zero-order valence-corrected chi connectivity index (χ0v) is 17.4. The molecule has 1 aliphatic carbocycles. The maximum absolute atomic E-state index is 14.4. The Labute approximate surface area is 182 Å². The molecule has 0 unspecified atom stereocenters. The van der Waals surface area contributed by atoms with E-state index in [0.717, 1.165) is 5.56 Å². The summed E-state index contributed by atoms with van der Waals surface area (Å²) in [5.74, 6) is -5.06. The number of nitrogens with zero attached hydrogens (tertiary/aromatic N) is 2. The van der Waals surface area contributed by atoms with Crippen molar-refractivity contribution in [2.24, 2.45) is 5.92 Å². The number of carbonyl (C=O) groups excluding carboxylic acids is 2. The first-order valence-electron chi connectivity index (χ1n) is 10.6. The van der Waals surface area contributed by atoms with Gasteiger partial charge in [-0.25, -0.2) is 13.6 Å². The van der Waals surface area contributed by atoms with Gasteiger partial charge >= 0.3 is 5.97 Å². The van der Waals surface area contributed by atoms with E-state index in [1.165, 1.54) is 15.7 Å². The first-order chi connectivity index (χ1) is 15.3. The number of hydrogen-bond donors (Lipinski definition) is 0. The van der Waals surface area contributed by atoms with Crippen molar-refractivity contribution in [3.8, 4) is 5.75 Å². The zero-order valence-electron chi connectivity index (χ0n) is 17.4. The van der Waals surface area contributed by atoms with Gasteiger partial charge in [0.1, 0.15) is 12.2 Å². The molecule has 3 heterocycles. The predicted molar refractivity (Wildman–Crippen MR) is 109 cm³/mol. The van der Waals surface area contributed by atoms with Crippen LogP contribution in [0.4, 0.5) is 8.78 Å². The Balaban J connectivity index is 1.59. The second-order valence-electron chi connectivity index (χ2n) is 8.45. The van der Waals surface area contributed by atoms with Crippen LogP contribution in [0.3, 0.4) is 0 Å². The van der Waals surface area contributed by atoms with Crippen LogP contribution in [-0.4, -0.2) is 46.0 Å². The molecule has 2 aromatic rings. The highest BCUT2D eigenvalue weighted by molar-refractivity contribution is 5.98. The van der Waals surface area contributed by atoms with Crippen LogP contribution in [0.2, 0.25) is 0 Å². The van der Waals surface area contributed by atoms with E-state index in [1.807, 2.05) is 6.07 Å². The molecule has 168 valence electrons. The summed E-state index contributed by atoms with van der Waals surface area (Å²) in [5.41, 5.74) is -0.374. The number of carbonyl (C=O) groups is 2. The average molecular weight is 444 g/mol. The van der Waals surface area contributed by atoms with E-state index < -0.39 is 35.3 Å². The van der Waals surface area contributed by atoms with Crippen LogP contribution in [0.25, 0.3) is 0 Å². The van der Waals surface area contributed by atoms with E-state index in [1.54, 1.807) is 31.2 Å². The van der Waals surface area contributed by atoms with E-state index >= 15 is 0 Å². The van der Waals surface area contributed by atoms with Crippen molar-refractivity contribution in [2.75, 3.05) is 6.61 Å². The van der Waals surface area contributed by atoms with Crippen molar-refractivity contribution in [1.82, 2.24) is 9.47 Å². The molecule has 2 fully saturated rings. The minimum Gasteiger partial charge on any atom is -0.483 e. The lowest BCUT2D eigenvalue weighted by Gasteiger charge is -2.43. The van der Waals surface area contributed by atoms with Gasteiger partial charge in [-0.15, -0.1) is 0 Å². The molecule has 5 rings (SSSR count). The van der Waals surface area contributed by atoms with E-state index in [0.29, 0.717) is 0 Å². The molecule has 2 bridgehead atoms. The van der Waals surface area contributed by atoms with Gasteiger partial charge in [0, 0.05) is 19.2 Å². The van der Waals surface area contributed by atoms with Gasteiger partial charge in [-0.3, -0.25) is 9.59 Å². The maximum Gasteiger partial charge on any atom is 0.343 e. The quantitative estimate of drug-likeness (QED) is 0.663. The molecule has 2 aliphatic heterocycles. The van der Waals surface area contributed by atoms with Crippen molar-refractivity contribution in [3.05, 3.63) is 63.6 Å². The van der Waals surface area contributed by atoms with Crippen LogP contribution in [0.1, 0.15) is 46.2 Å². The minimum absolute atomic E-state index is 0.0196. The third-order valence-electron chi connectivity index (χ3n) is 6.57. The van der Waals surface area contributed by atoms with E-state index in [4.69, 9.17) is 9.47 Å². The van der Waals surface area contributed by atoms with Gasteiger partial charge in [0.25, 0.3) is 11.8 Å². The van der Waals surface area contributed by atoms with Gasteiger partial charge in [0.2, 0.25) is 5.43 Å². The first-order valence-corrected chi connectivity index (χ1v) is 10.6. The zero-order chi connectivity index (χ0) is 22.6. The fourth-order valence-electron chi connectivity index (χ4n) is 5.17. The number of alkyl halides is 2. The van der Waals surface area contributed by atoms with E-state index in [9.17, 15) is 23.2 Å². The van der Waals surface area contributed by atoms with Crippen molar-refractivity contribution in [3.63, 3.8) is 0 Å². The Morgan fingerprint density at radius 1 is 1.22 bits per heavy atom. The van der Waals surface area contributed by atoms with Crippen LogP contribution >= 0.6 is 0 Å². The summed E-state index contributed by atoms with van der Waals surface area (Å²) in [6.07, 6.45) is 1.27. The number of piperidine rings is 1. The number of fused-ring (bicyclic) bond motifs is 6. The van der Waals surface area contributed by atoms with Crippen molar-refractivity contribution in [2.45, 2.75) is 50.9 Å². The summed E-state index contributed by atoms with van der Waals surface area (Å²) in [6.45, 7) is 1.90. The fourth-order valence-corrected chi connectivity index (χ4v) is 5.17. The second kappa shape index (κ2) is 7.43. The molecule has 1 amide bonds. The Morgan fingerprint density at radius 2 is 1.97 bits per heavy atom. The molecule has 32 heavy (non-hydrogen) atoms. The van der Waals surface area contributed by atoms with Crippen LogP contribution < -0.4 is 10.2 Å². The average Bonchev–Trinajstić information content (AvgIpc) is 3.28. The topological polar surface area (TPSA) is 77.8 Å². The van der Waals surface area contributed by atoms with Gasteiger partial charge in [0.05, 0.1) is 18.7 Å². The summed E-state index contributed by atoms with van der Waals surface area (Å²) in [7, 11) is 0. The molecule has 1 saturated carbocycles. The third-order valence-corrected chi connectivity index (χ3v) is 6.57. The SMILES string of the molecule is CCOC(=O)c1cn2c(c(OCc3ccccc3)c1=O)C(=O)N1[C@H](C2)[C@H]2C[C@@H]1C(F)(F)C2. The van der Waals surface area contributed by atoms with Crippen LogP contribution in [-0.2, 0) is 17.9 Å². The molecular formula is C23H22F2N2O5. The summed E-state index contributed by atoms with van der Waals surface area (Å²) in [5, 5.41) is 0. The molecule has 1 aromatic carbocycles. The number of benzene rings is 1. The fraction of sp³-hybridized carbons (Fsp3) is 0.435. The minimum atomic E-state index is -2.95. The largest absolute Gasteiger partial charge is 0.483 e. The van der Waals surface area contributed by atoms with Gasteiger partial charge in [-0.05, 0) is 24.8 Å². The molecule has 1 aromatic heterocycles. The number of amides is 1. The molecule has 9 heteroatoms. The smallest absolute Gasteiger partial charge is 0.343 e. The van der Waals surface area contributed by atoms with Crippen molar-refractivity contribution >= 4 is 11.9 Å². The van der Waals surface area contributed by atoms with Crippen molar-refractivity contribution in [1.29, 1.82) is 0 Å². The second-order valence-corrected chi connectivity index (χ2v) is 8.45.